The van der Waals surface area contributed by atoms with Crippen LogP contribution in [0.15, 0.2) is 58.7 Å². The average molecular weight is 534 g/mol. The molecule has 0 saturated carbocycles. The van der Waals surface area contributed by atoms with E-state index < -0.39 is 0 Å². The van der Waals surface area contributed by atoms with Crippen LogP contribution in [-0.4, -0.2) is 48.2 Å². The molecule has 0 atom stereocenters. The van der Waals surface area contributed by atoms with Crippen LogP contribution >= 0.6 is 23.3 Å². The average Bonchev–Trinajstić information content (AvgIpc) is 3.37. The van der Waals surface area contributed by atoms with Crippen molar-refractivity contribution in [1.29, 1.82) is 0 Å². The van der Waals surface area contributed by atoms with E-state index >= 15 is 0 Å². The standard InChI is InChI=1S/C26H27N7O2S2/c1-16-21(6-4-10-27-16)35-22-14-20(36-23-7-5-11-28-17(23)2)15-29-25(22)31-26-30-24(32-37-26)19-8-12-33(13-9-19)18(3)34/h4-7,10-11,14-15,19H,8-9,12-13H2,1-3H3,(H,29,30,31,32). The summed E-state index contributed by atoms with van der Waals surface area (Å²) in [6, 6.07) is 9.64. The van der Waals surface area contributed by atoms with Gasteiger partial charge >= 0.3 is 0 Å². The molecule has 0 aliphatic carbocycles. The molecule has 0 spiro atoms. The van der Waals surface area contributed by atoms with Gasteiger partial charge in [0.1, 0.15) is 11.6 Å². The van der Waals surface area contributed by atoms with Crippen molar-refractivity contribution in [3.8, 4) is 11.5 Å². The third-order valence-electron chi connectivity index (χ3n) is 6.16. The van der Waals surface area contributed by atoms with E-state index in [0.717, 1.165) is 52.9 Å². The normalized spacial score (nSPS) is 14.0. The van der Waals surface area contributed by atoms with Gasteiger partial charge in [-0.05, 0) is 51.0 Å². The van der Waals surface area contributed by atoms with Gasteiger partial charge in [0.25, 0.3) is 0 Å². The number of anilines is 2. The van der Waals surface area contributed by atoms with Crippen LogP contribution in [0.2, 0.25) is 0 Å². The van der Waals surface area contributed by atoms with Crippen molar-refractivity contribution >= 4 is 40.2 Å². The molecule has 1 fully saturated rings. The summed E-state index contributed by atoms with van der Waals surface area (Å²) in [7, 11) is 0. The minimum atomic E-state index is 0.120. The van der Waals surface area contributed by atoms with E-state index in [1.54, 1.807) is 31.1 Å². The number of rotatable bonds is 7. The molecule has 4 aromatic heterocycles. The van der Waals surface area contributed by atoms with E-state index in [1.165, 1.54) is 11.5 Å². The van der Waals surface area contributed by atoms with Crippen LogP contribution in [0, 0.1) is 13.8 Å². The largest absolute Gasteiger partial charge is 0.452 e. The Kier molecular flexibility index (Phi) is 7.61. The Morgan fingerprint density at radius 2 is 1.84 bits per heavy atom. The van der Waals surface area contributed by atoms with Gasteiger partial charge in [0, 0.05) is 71.9 Å². The molecule has 5 rings (SSSR count). The van der Waals surface area contributed by atoms with Crippen molar-refractivity contribution in [2.45, 2.75) is 49.3 Å². The zero-order chi connectivity index (χ0) is 25.8. The molecule has 37 heavy (non-hydrogen) atoms. The van der Waals surface area contributed by atoms with Crippen LogP contribution in [0.1, 0.15) is 42.9 Å². The van der Waals surface area contributed by atoms with E-state index in [2.05, 4.69) is 24.6 Å². The van der Waals surface area contributed by atoms with Gasteiger partial charge < -0.3 is 15.0 Å². The Morgan fingerprint density at radius 1 is 1.08 bits per heavy atom. The van der Waals surface area contributed by atoms with Gasteiger partial charge in [-0.3, -0.25) is 14.8 Å². The Morgan fingerprint density at radius 3 is 2.57 bits per heavy atom. The molecule has 1 aliphatic heterocycles. The van der Waals surface area contributed by atoms with Gasteiger partial charge in [-0.2, -0.15) is 4.37 Å². The second kappa shape index (κ2) is 11.2. The number of likely N-dealkylation sites (tertiary alicyclic amines) is 1. The predicted octanol–water partition coefficient (Wildman–Crippen LogP) is 5.75. The summed E-state index contributed by atoms with van der Waals surface area (Å²) in [5.74, 6) is 2.93. The number of piperidine rings is 1. The lowest BCUT2D eigenvalue weighted by molar-refractivity contribution is -0.129. The number of aromatic nitrogens is 5. The number of carbonyl (C=O) groups is 1. The van der Waals surface area contributed by atoms with Gasteiger partial charge in [0.2, 0.25) is 11.0 Å². The first-order valence-corrected chi connectivity index (χ1v) is 13.6. The number of carbonyl (C=O) groups excluding carboxylic acids is 1. The number of pyridine rings is 3. The minimum Gasteiger partial charge on any atom is -0.452 e. The van der Waals surface area contributed by atoms with E-state index in [4.69, 9.17) is 9.72 Å². The number of aryl methyl sites for hydroxylation is 2. The maximum atomic E-state index is 11.6. The maximum Gasteiger partial charge on any atom is 0.219 e. The molecule has 0 unspecified atom stereocenters. The molecule has 1 N–H and O–H groups in total. The fourth-order valence-corrected chi connectivity index (χ4v) is 5.58. The van der Waals surface area contributed by atoms with Gasteiger partial charge in [0.05, 0.1) is 11.4 Å². The lowest BCUT2D eigenvalue weighted by Gasteiger charge is -2.29. The summed E-state index contributed by atoms with van der Waals surface area (Å²) in [5, 5.41) is 3.95. The smallest absolute Gasteiger partial charge is 0.219 e. The third kappa shape index (κ3) is 6.05. The summed E-state index contributed by atoms with van der Waals surface area (Å²) >= 11 is 2.88. The van der Waals surface area contributed by atoms with Crippen LogP contribution in [0.3, 0.4) is 0 Å². The molecular formula is C26H27N7O2S2. The fourth-order valence-electron chi connectivity index (χ4n) is 4.06. The topological polar surface area (TPSA) is 106 Å². The molecule has 5 heterocycles. The van der Waals surface area contributed by atoms with Crippen molar-refractivity contribution in [3.63, 3.8) is 0 Å². The Labute approximate surface area is 223 Å². The quantitative estimate of drug-likeness (QED) is 0.318. The second-order valence-electron chi connectivity index (χ2n) is 8.76. The molecule has 9 nitrogen and oxygen atoms in total. The van der Waals surface area contributed by atoms with Crippen LogP contribution in [0.25, 0.3) is 0 Å². The maximum absolute atomic E-state index is 11.6. The van der Waals surface area contributed by atoms with Gasteiger partial charge in [0.15, 0.2) is 11.6 Å². The lowest BCUT2D eigenvalue weighted by atomic mass is 9.96. The fraction of sp³-hybridized carbons (Fsp3) is 0.308. The molecule has 190 valence electrons. The van der Waals surface area contributed by atoms with Crippen molar-refractivity contribution in [1.82, 2.24) is 29.2 Å². The van der Waals surface area contributed by atoms with Gasteiger partial charge in [-0.25, -0.2) is 9.97 Å². The number of hydrogen-bond donors (Lipinski definition) is 1. The monoisotopic (exact) mass is 533 g/mol. The highest BCUT2D eigenvalue weighted by Crippen LogP contribution is 2.38. The number of amides is 1. The molecule has 1 amide bonds. The first-order chi connectivity index (χ1) is 18.0. The first-order valence-electron chi connectivity index (χ1n) is 12.0. The van der Waals surface area contributed by atoms with Gasteiger partial charge in [-0.1, -0.05) is 11.8 Å². The highest BCUT2D eigenvalue weighted by Gasteiger charge is 2.25. The van der Waals surface area contributed by atoms with Crippen molar-refractivity contribution < 1.29 is 9.53 Å². The SMILES string of the molecule is CC(=O)N1CCC(c2nsc(Nc3ncc(Sc4cccnc4C)cc3Oc3cccnc3C)n2)CC1. The van der Waals surface area contributed by atoms with Crippen LogP contribution in [0.5, 0.6) is 11.5 Å². The second-order valence-corrected chi connectivity index (χ2v) is 10.6. The Bertz CT molecular complexity index is 1400. The minimum absolute atomic E-state index is 0.120. The van der Waals surface area contributed by atoms with E-state index in [-0.39, 0.29) is 11.8 Å². The summed E-state index contributed by atoms with van der Waals surface area (Å²) < 4.78 is 10.9. The molecule has 0 radical (unpaired) electrons. The number of hydrogen-bond acceptors (Lipinski definition) is 10. The molecule has 1 aliphatic rings. The summed E-state index contributed by atoms with van der Waals surface area (Å²) in [6.45, 7) is 6.98. The third-order valence-corrected chi connectivity index (χ3v) is 7.92. The molecule has 1 saturated heterocycles. The summed E-state index contributed by atoms with van der Waals surface area (Å²) in [4.78, 5) is 33.6. The van der Waals surface area contributed by atoms with E-state index in [1.807, 2.05) is 55.3 Å². The molecule has 0 aromatic carbocycles. The van der Waals surface area contributed by atoms with Crippen LogP contribution in [0.4, 0.5) is 10.9 Å². The highest BCUT2D eigenvalue weighted by molar-refractivity contribution is 7.99. The molecular weight excluding hydrogens is 506 g/mol. The predicted molar refractivity (Wildman–Crippen MR) is 144 cm³/mol. The Balaban J connectivity index is 1.38. The van der Waals surface area contributed by atoms with E-state index in [0.29, 0.717) is 22.4 Å². The van der Waals surface area contributed by atoms with E-state index in [9.17, 15) is 4.79 Å². The Hall–Kier alpha value is -3.57. The number of ether oxygens (including phenoxy) is 1. The lowest BCUT2D eigenvalue weighted by Crippen LogP contribution is -2.36. The zero-order valence-electron chi connectivity index (χ0n) is 20.8. The van der Waals surface area contributed by atoms with Crippen LogP contribution < -0.4 is 10.1 Å². The number of nitrogens with zero attached hydrogens (tertiary/aromatic N) is 6. The van der Waals surface area contributed by atoms with Gasteiger partial charge in [-0.15, -0.1) is 0 Å². The summed E-state index contributed by atoms with van der Waals surface area (Å²) in [5.41, 5.74) is 1.74. The van der Waals surface area contributed by atoms with Crippen molar-refractivity contribution in [2.24, 2.45) is 0 Å². The first kappa shape index (κ1) is 25.1. The summed E-state index contributed by atoms with van der Waals surface area (Å²) in [6.07, 6.45) is 7.06. The van der Waals surface area contributed by atoms with Crippen molar-refractivity contribution in [2.75, 3.05) is 18.4 Å². The number of nitrogens with one attached hydrogen (secondary N) is 1. The molecule has 11 heteroatoms. The zero-order valence-corrected chi connectivity index (χ0v) is 22.5. The van der Waals surface area contributed by atoms with Crippen LogP contribution in [-0.2, 0) is 4.79 Å². The molecule has 4 aromatic rings. The highest BCUT2D eigenvalue weighted by atomic mass is 32.2. The van der Waals surface area contributed by atoms with Crippen molar-refractivity contribution in [3.05, 3.63) is 66.1 Å². The molecule has 0 bridgehead atoms.